The first-order valence-electron chi connectivity index (χ1n) is 8.08. The Bertz CT molecular complexity index is 403. The molecule has 2 unspecified atom stereocenters. The molecule has 1 aromatic rings. The minimum Gasteiger partial charge on any atom is -0.379 e. The van der Waals surface area contributed by atoms with Gasteiger partial charge in [-0.3, -0.25) is 4.90 Å². The molecule has 0 radical (unpaired) electrons. The number of thioether (sulfide) groups is 1. The number of morpholine rings is 1. The second-order valence-corrected chi connectivity index (χ2v) is 7.18. The Morgan fingerprint density at radius 3 is 2.76 bits per heavy atom. The summed E-state index contributed by atoms with van der Waals surface area (Å²) in [5.41, 5.74) is 1.44. The highest BCUT2D eigenvalue weighted by atomic mass is 32.2. The minimum atomic E-state index is 0.550. The first kappa shape index (κ1) is 15.3. The van der Waals surface area contributed by atoms with E-state index in [1.54, 1.807) is 0 Å². The van der Waals surface area contributed by atoms with Crippen molar-refractivity contribution >= 4 is 11.8 Å². The Morgan fingerprint density at radius 2 is 2.05 bits per heavy atom. The molecular formula is C17H26N2OS. The molecule has 1 N–H and O–H groups in total. The van der Waals surface area contributed by atoms with Crippen molar-refractivity contribution in [3.8, 4) is 0 Å². The largest absolute Gasteiger partial charge is 0.379 e. The minimum absolute atomic E-state index is 0.550. The van der Waals surface area contributed by atoms with Crippen LogP contribution < -0.4 is 5.32 Å². The lowest BCUT2D eigenvalue weighted by Crippen LogP contribution is -2.49. The van der Waals surface area contributed by atoms with Gasteiger partial charge in [-0.2, -0.15) is 11.8 Å². The summed E-state index contributed by atoms with van der Waals surface area (Å²) in [5, 5.41) is 3.91. The van der Waals surface area contributed by atoms with Crippen molar-refractivity contribution < 1.29 is 4.74 Å². The van der Waals surface area contributed by atoms with E-state index in [9.17, 15) is 0 Å². The van der Waals surface area contributed by atoms with Crippen LogP contribution in [0.2, 0.25) is 0 Å². The van der Waals surface area contributed by atoms with Crippen LogP contribution in [0.15, 0.2) is 30.3 Å². The molecule has 0 amide bonds. The van der Waals surface area contributed by atoms with Gasteiger partial charge in [-0.1, -0.05) is 30.3 Å². The van der Waals surface area contributed by atoms with Crippen molar-refractivity contribution in [2.75, 3.05) is 44.4 Å². The van der Waals surface area contributed by atoms with Gasteiger partial charge in [0.15, 0.2) is 0 Å². The van der Waals surface area contributed by atoms with Crippen LogP contribution in [0.5, 0.6) is 0 Å². The summed E-state index contributed by atoms with van der Waals surface area (Å²) in [7, 11) is 0. The molecule has 116 valence electrons. The zero-order chi connectivity index (χ0) is 14.3. The third kappa shape index (κ3) is 4.99. The molecule has 0 aromatic heterocycles. The van der Waals surface area contributed by atoms with Crippen molar-refractivity contribution in [1.82, 2.24) is 10.2 Å². The van der Waals surface area contributed by atoms with Crippen LogP contribution in [0.4, 0.5) is 0 Å². The summed E-state index contributed by atoms with van der Waals surface area (Å²) < 4.78 is 5.47. The van der Waals surface area contributed by atoms with E-state index >= 15 is 0 Å². The zero-order valence-corrected chi connectivity index (χ0v) is 13.5. The number of hydrogen-bond acceptors (Lipinski definition) is 4. The highest BCUT2D eigenvalue weighted by molar-refractivity contribution is 7.99. The van der Waals surface area contributed by atoms with Crippen LogP contribution in [0.25, 0.3) is 0 Å². The Balaban J connectivity index is 1.58. The third-order valence-corrected chi connectivity index (χ3v) is 5.47. The van der Waals surface area contributed by atoms with E-state index in [-0.39, 0.29) is 0 Å². The molecule has 0 spiro atoms. The third-order valence-electron chi connectivity index (χ3n) is 4.31. The predicted octanol–water partition coefficient (Wildman–Crippen LogP) is 2.02. The van der Waals surface area contributed by atoms with E-state index in [0.717, 1.165) is 39.3 Å². The molecule has 4 heteroatoms. The number of benzene rings is 1. The van der Waals surface area contributed by atoms with Gasteiger partial charge >= 0.3 is 0 Å². The average Bonchev–Trinajstić information content (AvgIpc) is 3.02. The fraction of sp³-hybridized carbons (Fsp3) is 0.647. The number of nitrogens with zero attached hydrogens (tertiary/aromatic N) is 1. The molecule has 2 atom stereocenters. The summed E-state index contributed by atoms with van der Waals surface area (Å²) in [6.07, 6.45) is 2.44. The number of rotatable bonds is 6. The smallest absolute Gasteiger partial charge is 0.0594 e. The summed E-state index contributed by atoms with van der Waals surface area (Å²) in [4.78, 5) is 2.55. The van der Waals surface area contributed by atoms with Gasteiger partial charge in [0, 0.05) is 37.5 Å². The fourth-order valence-corrected chi connectivity index (χ4v) is 4.33. The second kappa shape index (κ2) is 8.18. The monoisotopic (exact) mass is 306 g/mol. The van der Waals surface area contributed by atoms with Gasteiger partial charge in [-0.25, -0.2) is 0 Å². The van der Waals surface area contributed by atoms with Gasteiger partial charge in [0.05, 0.1) is 13.2 Å². The molecule has 2 aliphatic rings. The maximum absolute atomic E-state index is 5.47. The molecule has 2 heterocycles. The van der Waals surface area contributed by atoms with Crippen molar-refractivity contribution in [2.24, 2.45) is 0 Å². The highest BCUT2D eigenvalue weighted by Crippen LogP contribution is 2.18. The number of nitrogens with one attached hydrogen (secondary N) is 1. The topological polar surface area (TPSA) is 24.5 Å². The maximum Gasteiger partial charge on any atom is 0.0594 e. The lowest BCUT2D eigenvalue weighted by Gasteiger charge is -2.32. The van der Waals surface area contributed by atoms with Gasteiger partial charge in [0.2, 0.25) is 0 Å². The van der Waals surface area contributed by atoms with E-state index in [2.05, 4.69) is 52.3 Å². The molecular weight excluding hydrogens is 280 g/mol. The SMILES string of the molecule is c1ccc(CC(CN2CCOCC2)NC2CCSC2)cc1. The summed E-state index contributed by atoms with van der Waals surface area (Å²) in [6.45, 7) is 5.06. The molecule has 2 fully saturated rings. The Hall–Kier alpha value is -0.550. The van der Waals surface area contributed by atoms with Crippen LogP contribution in [0.1, 0.15) is 12.0 Å². The fourth-order valence-electron chi connectivity index (χ4n) is 3.17. The van der Waals surface area contributed by atoms with Crippen LogP contribution in [-0.4, -0.2) is 61.3 Å². The predicted molar refractivity (Wildman–Crippen MR) is 90.1 cm³/mol. The standard InChI is InChI=1S/C17H26N2OS/c1-2-4-15(5-3-1)12-17(18-16-6-11-21-14-16)13-19-7-9-20-10-8-19/h1-5,16-18H,6-14H2. The van der Waals surface area contributed by atoms with Crippen LogP contribution in [0, 0.1) is 0 Å². The second-order valence-electron chi connectivity index (χ2n) is 6.03. The summed E-state index contributed by atoms with van der Waals surface area (Å²) in [6, 6.07) is 12.1. The van der Waals surface area contributed by atoms with Crippen LogP contribution in [-0.2, 0) is 11.2 Å². The van der Waals surface area contributed by atoms with Crippen molar-refractivity contribution in [1.29, 1.82) is 0 Å². The van der Waals surface area contributed by atoms with E-state index in [1.807, 2.05) is 0 Å². The van der Waals surface area contributed by atoms with Crippen molar-refractivity contribution in [3.05, 3.63) is 35.9 Å². The summed E-state index contributed by atoms with van der Waals surface area (Å²) >= 11 is 2.08. The zero-order valence-electron chi connectivity index (χ0n) is 12.7. The van der Waals surface area contributed by atoms with Crippen molar-refractivity contribution in [3.63, 3.8) is 0 Å². The first-order valence-corrected chi connectivity index (χ1v) is 9.23. The molecule has 1 aromatic carbocycles. The molecule has 0 aliphatic carbocycles. The van der Waals surface area contributed by atoms with Gasteiger partial charge < -0.3 is 10.1 Å². The first-order chi connectivity index (χ1) is 10.4. The molecule has 2 aliphatic heterocycles. The number of ether oxygens (including phenoxy) is 1. The van der Waals surface area contributed by atoms with Gasteiger partial charge in [0.25, 0.3) is 0 Å². The van der Waals surface area contributed by atoms with E-state index < -0.39 is 0 Å². The molecule has 0 saturated carbocycles. The van der Waals surface area contributed by atoms with E-state index in [4.69, 9.17) is 4.74 Å². The molecule has 21 heavy (non-hydrogen) atoms. The van der Waals surface area contributed by atoms with Gasteiger partial charge in [-0.05, 0) is 24.2 Å². The number of hydrogen-bond donors (Lipinski definition) is 1. The Morgan fingerprint density at radius 1 is 1.24 bits per heavy atom. The van der Waals surface area contributed by atoms with Crippen LogP contribution in [0.3, 0.4) is 0 Å². The van der Waals surface area contributed by atoms with Crippen LogP contribution >= 0.6 is 11.8 Å². The average molecular weight is 306 g/mol. The Kier molecular flexibility index (Phi) is 5.98. The molecule has 0 bridgehead atoms. The van der Waals surface area contributed by atoms with Crippen molar-refractivity contribution in [2.45, 2.75) is 24.9 Å². The van der Waals surface area contributed by atoms with Gasteiger partial charge in [0.1, 0.15) is 0 Å². The summed E-state index contributed by atoms with van der Waals surface area (Å²) in [5.74, 6) is 2.58. The highest BCUT2D eigenvalue weighted by Gasteiger charge is 2.22. The van der Waals surface area contributed by atoms with E-state index in [1.165, 1.54) is 23.5 Å². The lowest BCUT2D eigenvalue weighted by molar-refractivity contribution is 0.0331. The molecule has 3 rings (SSSR count). The van der Waals surface area contributed by atoms with E-state index in [0.29, 0.717) is 12.1 Å². The Labute approximate surface area is 132 Å². The quantitative estimate of drug-likeness (QED) is 0.869. The molecule has 3 nitrogen and oxygen atoms in total. The maximum atomic E-state index is 5.47. The normalized spacial score (nSPS) is 25.0. The van der Waals surface area contributed by atoms with Gasteiger partial charge in [-0.15, -0.1) is 0 Å². The lowest BCUT2D eigenvalue weighted by atomic mass is 10.0. The molecule has 2 saturated heterocycles.